The molecule has 2 N–H and O–H groups in total. The number of rotatable bonds is 8. The number of methoxy groups -OCH3 is 1. The number of anilines is 1. The van der Waals surface area contributed by atoms with Crippen LogP contribution in [0.4, 0.5) is 5.69 Å². The van der Waals surface area contributed by atoms with Gasteiger partial charge in [0.05, 0.1) is 23.4 Å². The summed E-state index contributed by atoms with van der Waals surface area (Å²) in [6.45, 7) is 0.765. The fourth-order valence-electron chi connectivity index (χ4n) is 4.16. The molecular weight excluding hydrogens is 533 g/mol. The molecule has 0 atom stereocenters. The van der Waals surface area contributed by atoms with Crippen LogP contribution < -0.4 is 10.5 Å². The van der Waals surface area contributed by atoms with Gasteiger partial charge in [-0.3, -0.25) is 0 Å². The normalized spacial score (nSPS) is 10.8. The predicted octanol–water partition coefficient (Wildman–Crippen LogP) is 7.52. The van der Waals surface area contributed by atoms with Crippen molar-refractivity contribution in [3.05, 3.63) is 124 Å². The molecule has 0 aliphatic rings. The summed E-state index contributed by atoms with van der Waals surface area (Å²) in [5, 5.41) is 1.07. The van der Waals surface area contributed by atoms with Gasteiger partial charge in [0.25, 0.3) is 0 Å². The van der Waals surface area contributed by atoms with Crippen LogP contribution in [-0.2, 0) is 17.9 Å². The molecular formula is C31H25Cl2N3O3. The minimum Gasteiger partial charge on any atom is -0.486 e. The van der Waals surface area contributed by atoms with E-state index in [0.29, 0.717) is 27.8 Å². The van der Waals surface area contributed by atoms with Crippen molar-refractivity contribution in [2.75, 3.05) is 12.8 Å². The van der Waals surface area contributed by atoms with Crippen LogP contribution in [0.1, 0.15) is 21.7 Å². The van der Waals surface area contributed by atoms with Gasteiger partial charge in [-0.1, -0.05) is 59.6 Å². The third-order valence-electron chi connectivity index (χ3n) is 6.26. The van der Waals surface area contributed by atoms with Crippen molar-refractivity contribution < 1.29 is 14.3 Å². The van der Waals surface area contributed by atoms with Crippen molar-refractivity contribution in [3.63, 3.8) is 0 Å². The molecule has 1 heterocycles. The van der Waals surface area contributed by atoms with Gasteiger partial charge in [0.15, 0.2) is 0 Å². The second-order valence-corrected chi connectivity index (χ2v) is 9.76. The van der Waals surface area contributed by atoms with Gasteiger partial charge in [0.2, 0.25) is 0 Å². The molecule has 0 saturated carbocycles. The summed E-state index contributed by atoms with van der Waals surface area (Å²) in [5.41, 5.74) is 11.6. The number of hydrogen-bond acceptors (Lipinski definition) is 5. The fraction of sp³-hybridized carbons (Fsp3) is 0.0968. The number of nitrogen functional groups attached to an aromatic ring is 1. The number of hydrogen-bond donors (Lipinski definition) is 1. The molecule has 39 heavy (non-hydrogen) atoms. The first-order valence-corrected chi connectivity index (χ1v) is 12.9. The summed E-state index contributed by atoms with van der Waals surface area (Å²) in [7, 11) is 1.36. The third kappa shape index (κ3) is 6.25. The van der Waals surface area contributed by atoms with Gasteiger partial charge >= 0.3 is 5.97 Å². The first kappa shape index (κ1) is 26.4. The molecule has 6 nitrogen and oxygen atoms in total. The summed E-state index contributed by atoms with van der Waals surface area (Å²) < 4.78 is 12.9. The van der Waals surface area contributed by atoms with Crippen LogP contribution >= 0.6 is 23.2 Å². The molecule has 0 radical (unpaired) electrons. The van der Waals surface area contributed by atoms with Gasteiger partial charge in [0, 0.05) is 29.0 Å². The number of nitrogens with zero attached hydrogens (tertiary/aromatic N) is 2. The van der Waals surface area contributed by atoms with E-state index in [1.54, 1.807) is 24.3 Å². The number of esters is 1. The lowest BCUT2D eigenvalue weighted by Crippen LogP contribution is -2.08. The van der Waals surface area contributed by atoms with Crippen molar-refractivity contribution in [3.8, 4) is 28.1 Å². The van der Waals surface area contributed by atoms with Crippen LogP contribution in [0.25, 0.3) is 22.4 Å². The summed E-state index contributed by atoms with van der Waals surface area (Å²) >= 11 is 12.6. The second-order valence-electron chi connectivity index (χ2n) is 8.92. The molecule has 0 amide bonds. The Hall–Kier alpha value is -4.26. The molecule has 0 aliphatic carbocycles. The van der Waals surface area contributed by atoms with Gasteiger partial charge in [0.1, 0.15) is 18.2 Å². The average Bonchev–Trinajstić information content (AvgIpc) is 3.34. The standard InChI is InChI=1S/C31H25Cl2N3O3/c1-38-31(37)23-4-2-20(3-5-23)17-36-18-29(27-15-10-24(32)16-28(27)33)35-30(36)19-39-26-13-8-22(9-14-26)21-6-11-25(34)12-7-21/h2-16,18H,17,19,34H2,1H3. The van der Waals surface area contributed by atoms with Crippen LogP contribution in [0.5, 0.6) is 5.75 Å². The number of ether oxygens (including phenoxy) is 2. The van der Waals surface area contributed by atoms with E-state index in [0.717, 1.165) is 39.5 Å². The maximum absolute atomic E-state index is 11.8. The van der Waals surface area contributed by atoms with Crippen LogP contribution in [0, 0.1) is 0 Å². The number of halogens is 2. The van der Waals surface area contributed by atoms with E-state index in [1.807, 2.05) is 77.5 Å². The number of nitrogens with two attached hydrogens (primary N) is 1. The Bertz CT molecular complexity index is 1600. The zero-order valence-electron chi connectivity index (χ0n) is 21.1. The molecule has 0 fully saturated rings. The minimum atomic E-state index is -0.375. The number of carbonyl (C=O) groups excluding carboxylic acids is 1. The molecule has 0 saturated heterocycles. The number of carbonyl (C=O) groups is 1. The fourth-order valence-corrected chi connectivity index (χ4v) is 4.67. The highest BCUT2D eigenvalue weighted by Crippen LogP contribution is 2.30. The van der Waals surface area contributed by atoms with Crippen molar-refractivity contribution in [2.24, 2.45) is 0 Å². The summed E-state index contributed by atoms with van der Waals surface area (Å²) in [6.07, 6.45) is 1.94. The SMILES string of the molecule is COC(=O)c1ccc(Cn2cc(-c3ccc(Cl)cc3Cl)nc2COc2ccc(-c3ccc(N)cc3)cc2)cc1. The van der Waals surface area contributed by atoms with Crippen molar-refractivity contribution >= 4 is 34.9 Å². The number of benzene rings is 4. The zero-order chi connectivity index (χ0) is 27.4. The summed E-state index contributed by atoms with van der Waals surface area (Å²) in [6, 6.07) is 28.2. The van der Waals surface area contributed by atoms with Crippen LogP contribution in [-0.4, -0.2) is 22.6 Å². The van der Waals surface area contributed by atoms with Crippen molar-refractivity contribution in [2.45, 2.75) is 13.2 Å². The highest BCUT2D eigenvalue weighted by Gasteiger charge is 2.14. The minimum absolute atomic E-state index is 0.243. The van der Waals surface area contributed by atoms with Gasteiger partial charge in [-0.2, -0.15) is 0 Å². The molecule has 0 bridgehead atoms. The molecule has 196 valence electrons. The quantitative estimate of drug-likeness (QED) is 0.157. The highest BCUT2D eigenvalue weighted by atomic mass is 35.5. The zero-order valence-corrected chi connectivity index (χ0v) is 22.6. The molecule has 8 heteroatoms. The molecule has 0 aliphatic heterocycles. The Balaban J connectivity index is 1.39. The lowest BCUT2D eigenvalue weighted by molar-refractivity contribution is 0.0600. The lowest BCUT2D eigenvalue weighted by Gasteiger charge is -2.11. The molecule has 5 rings (SSSR count). The lowest BCUT2D eigenvalue weighted by atomic mass is 10.1. The monoisotopic (exact) mass is 557 g/mol. The van der Waals surface area contributed by atoms with E-state index in [4.69, 9.17) is 43.4 Å². The summed E-state index contributed by atoms with van der Waals surface area (Å²) in [4.78, 5) is 16.6. The second kappa shape index (κ2) is 11.6. The van der Waals surface area contributed by atoms with E-state index < -0.39 is 0 Å². The maximum atomic E-state index is 11.8. The maximum Gasteiger partial charge on any atom is 0.337 e. The highest BCUT2D eigenvalue weighted by molar-refractivity contribution is 6.36. The Kier molecular flexibility index (Phi) is 7.87. The Morgan fingerprint density at radius 3 is 2.21 bits per heavy atom. The molecule has 1 aromatic heterocycles. The smallest absolute Gasteiger partial charge is 0.337 e. The first-order valence-electron chi connectivity index (χ1n) is 12.2. The van der Waals surface area contributed by atoms with Gasteiger partial charge in [-0.15, -0.1) is 0 Å². The molecule has 5 aromatic rings. The van der Waals surface area contributed by atoms with Crippen molar-refractivity contribution in [1.29, 1.82) is 0 Å². The topological polar surface area (TPSA) is 79.4 Å². The number of aromatic nitrogens is 2. The Morgan fingerprint density at radius 1 is 0.897 bits per heavy atom. The van der Waals surface area contributed by atoms with E-state index in [1.165, 1.54) is 7.11 Å². The Morgan fingerprint density at radius 2 is 1.56 bits per heavy atom. The van der Waals surface area contributed by atoms with Gasteiger partial charge < -0.3 is 19.8 Å². The van der Waals surface area contributed by atoms with E-state index >= 15 is 0 Å². The average molecular weight is 558 g/mol. The Labute approximate surface area is 236 Å². The van der Waals surface area contributed by atoms with Crippen LogP contribution in [0.2, 0.25) is 10.0 Å². The third-order valence-corrected chi connectivity index (χ3v) is 6.81. The predicted molar refractivity (Wildman–Crippen MR) is 155 cm³/mol. The van der Waals surface area contributed by atoms with Gasteiger partial charge in [-0.25, -0.2) is 9.78 Å². The largest absolute Gasteiger partial charge is 0.486 e. The van der Waals surface area contributed by atoms with Crippen LogP contribution in [0.15, 0.2) is 97.2 Å². The van der Waals surface area contributed by atoms with E-state index in [9.17, 15) is 4.79 Å². The summed E-state index contributed by atoms with van der Waals surface area (Å²) in [5.74, 6) is 1.06. The van der Waals surface area contributed by atoms with Crippen LogP contribution in [0.3, 0.4) is 0 Å². The first-order chi connectivity index (χ1) is 18.9. The van der Waals surface area contributed by atoms with Crippen molar-refractivity contribution in [1.82, 2.24) is 9.55 Å². The van der Waals surface area contributed by atoms with E-state index in [-0.39, 0.29) is 12.6 Å². The molecule has 4 aromatic carbocycles. The number of imidazole rings is 1. The van der Waals surface area contributed by atoms with Gasteiger partial charge in [-0.05, 0) is 71.3 Å². The van der Waals surface area contributed by atoms with E-state index in [2.05, 4.69) is 0 Å². The molecule has 0 unspecified atom stereocenters. The molecule has 0 spiro atoms.